The molecule has 0 aliphatic carbocycles. The normalized spacial score (nSPS) is 12.5. The van der Waals surface area contributed by atoms with Crippen molar-refractivity contribution in [2.45, 2.75) is 39.4 Å². The highest BCUT2D eigenvalue weighted by molar-refractivity contribution is 5.67. The predicted octanol–water partition coefficient (Wildman–Crippen LogP) is 5.82. The van der Waals surface area contributed by atoms with Crippen molar-refractivity contribution in [2.75, 3.05) is 10.6 Å². The van der Waals surface area contributed by atoms with Crippen molar-refractivity contribution in [3.8, 4) is 11.4 Å². The first-order valence-electron chi connectivity index (χ1n) is 9.28. The fourth-order valence-corrected chi connectivity index (χ4v) is 2.76. The Hall–Kier alpha value is -3.16. The van der Waals surface area contributed by atoms with Gasteiger partial charge in [-0.2, -0.15) is 18.2 Å². The van der Waals surface area contributed by atoms with Gasteiger partial charge in [-0.3, -0.25) is 4.98 Å². The van der Waals surface area contributed by atoms with Gasteiger partial charge in [0.15, 0.2) is 0 Å². The molecule has 5 nitrogen and oxygen atoms in total. The minimum Gasteiger partial charge on any atom is -0.352 e. The van der Waals surface area contributed by atoms with Crippen LogP contribution < -0.4 is 10.6 Å². The Morgan fingerprint density at radius 2 is 1.83 bits per heavy atom. The maximum atomic E-state index is 13.2. The van der Waals surface area contributed by atoms with E-state index < -0.39 is 11.7 Å². The zero-order chi connectivity index (χ0) is 21.0. The molecule has 2 aromatic heterocycles. The van der Waals surface area contributed by atoms with Gasteiger partial charge in [0.25, 0.3) is 0 Å². The fraction of sp³-hybridized carbons (Fsp3) is 0.286. The molecule has 0 bridgehead atoms. The zero-order valence-electron chi connectivity index (χ0n) is 16.4. The van der Waals surface area contributed by atoms with Crippen molar-refractivity contribution < 1.29 is 13.2 Å². The summed E-state index contributed by atoms with van der Waals surface area (Å²) in [5.41, 5.74) is 0.971. The second kappa shape index (κ2) is 8.46. The average Bonchev–Trinajstić information content (AvgIpc) is 2.69. The monoisotopic (exact) mass is 401 g/mol. The zero-order valence-corrected chi connectivity index (χ0v) is 16.4. The van der Waals surface area contributed by atoms with Crippen LogP contribution in [0.25, 0.3) is 11.4 Å². The number of rotatable bonds is 6. The minimum absolute atomic E-state index is 0.106. The molecule has 0 aliphatic heterocycles. The lowest BCUT2D eigenvalue weighted by Gasteiger charge is -2.17. The largest absolute Gasteiger partial charge is 0.416 e. The van der Waals surface area contributed by atoms with E-state index in [0.717, 1.165) is 12.5 Å². The topological polar surface area (TPSA) is 62.7 Å². The molecule has 3 rings (SSSR count). The molecule has 152 valence electrons. The molecule has 2 N–H and O–H groups in total. The van der Waals surface area contributed by atoms with Crippen molar-refractivity contribution in [1.29, 1.82) is 0 Å². The first-order chi connectivity index (χ1) is 13.8. The number of nitrogens with one attached hydrogen (secondary N) is 2. The summed E-state index contributed by atoms with van der Waals surface area (Å²) >= 11 is 0. The number of nitrogens with zero attached hydrogens (tertiary/aromatic N) is 3. The highest BCUT2D eigenvalue weighted by atomic mass is 19.4. The Morgan fingerprint density at radius 3 is 2.48 bits per heavy atom. The SMILES string of the molecule is CC[C@@H](C)Nc1nc(Nc2cccc(C(F)(F)F)c2C)cc(-c2ccccn2)n1. The van der Waals surface area contributed by atoms with Crippen molar-refractivity contribution >= 4 is 17.5 Å². The Labute approximate surface area is 167 Å². The molecule has 0 saturated heterocycles. The molecular weight excluding hydrogens is 379 g/mol. The predicted molar refractivity (Wildman–Crippen MR) is 108 cm³/mol. The van der Waals surface area contributed by atoms with Gasteiger partial charge in [-0.1, -0.05) is 19.1 Å². The molecule has 3 aromatic rings. The quantitative estimate of drug-likeness (QED) is 0.545. The van der Waals surface area contributed by atoms with E-state index in [1.54, 1.807) is 24.4 Å². The van der Waals surface area contributed by atoms with E-state index in [1.165, 1.54) is 13.0 Å². The van der Waals surface area contributed by atoms with Crippen LogP contribution in [0.5, 0.6) is 0 Å². The van der Waals surface area contributed by atoms with Crippen LogP contribution in [-0.4, -0.2) is 21.0 Å². The van der Waals surface area contributed by atoms with E-state index in [1.807, 2.05) is 26.0 Å². The smallest absolute Gasteiger partial charge is 0.352 e. The van der Waals surface area contributed by atoms with Crippen LogP contribution in [0, 0.1) is 6.92 Å². The second-order valence-corrected chi connectivity index (χ2v) is 6.73. The van der Waals surface area contributed by atoms with Gasteiger partial charge in [-0.25, -0.2) is 4.98 Å². The lowest BCUT2D eigenvalue weighted by Crippen LogP contribution is -2.16. The molecule has 0 aliphatic rings. The minimum atomic E-state index is -4.42. The van der Waals surface area contributed by atoms with Crippen molar-refractivity contribution in [2.24, 2.45) is 0 Å². The van der Waals surface area contributed by atoms with E-state index in [4.69, 9.17) is 0 Å². The van der Waals surface area contributed by atoms with Crippen LogP contribution in [0.3, 0.4) is 0 Å². The molecule has 0 unspecified atom stereocenters. The van der Waals surface area contributed by atoms with Gasteiger partial charge in [-0.15, -0.1) is 0 Å². The number of benzene rings is 1. The van der Waals surface area contributed by atoms with Crippen molar-refractivity contribution in [3.05, 3.63) is 59.8 Å². The molecule has 2 heterocycles. The molecule has 0 fully saturated rings. The number of anilines is 3. The van der Waals surface area contributed by atoms with Crippen LogP contribution >= 0.6 is 0 Å². The Bertz CT molecular complexity index is 974. The molecule has 1 atom stereocenters. The summed E-state index contributed by atoms with van der Waals surface area (Å²) in [6.07, 6.45) is -1.90. The van der Waals surface area contributed by atoms with Crippen LogP contribution in [0.4, 0.5) is 30.6 Å². The molecule has 29 heavy (non-hydrogen) atoms. The first-order valence-corrected chi connectivity index (χ1v) is 9.28. The van der Waals surface area contributed by atoms with E-state index in [0.29, 0.717) is 28.8 Å². The van der Waals surface area contributed by atoms with Crippen LogP contribution in [0.15, 0.2) is 48.7 Å². The van der Waals surface area contributed by atoms with Gasteiger partial charge < -0.3 is 10.6 Å². The maximum Gasteiger partial charge on any atom is 0.416 e. The summed E-state index contributed by atoms with van der Waals surface area (Å²) in [4.78, 5) is 13.2. The molecule has 1 aromatic carbocycles. The third kappa shape index (κ3) is 5.01. The van der Waals surface area contributed by atoms with Gasteiger partial charge in [0.2, 0.25) is 5.95 Å². The highest BCUT2D eigenvalue weighted by Gasteiger charge is 2.32. The summed E-state index contributed by atoms with van der Waals surface area (Å²) in [5.74, 6) is 0.767. The van der Waals surface area contributed by atoms with Gasteiger partial charge in [0, 0.05) is 24.0 Å². The standard InChI is InChI=1S/C21H22F3N5/c1-4-13(2)26-20-28-18(17-9-5-6-11-25-17)12-19(29-20)27-16-10-7-8-15(14(16)3)21(22,23)24/h5-13H,4H2,1-3H3,(H2,26,27,28,29)/t13-/m1/s1. The van der Waals surface area contributed by atoms with Crippen molar-refractivity contribution in [1.82, 2.24) is 15.0 Å². The Kier molecular flexibility index (Phi) is 6.00. The fourth-order valence-electron chi connectivity index (χ4n) is 2.76. The van der Waals surface area contributed by atoms with Crippen LogP contribution in [0.2, 0.25) is 0 Å². The van der Waals surface area contributed by atoms with Crippen molar-refractivity contribution in [3.63, 3.8) is 0 Å². The number of alkyl halides is 3. The summed E-state index contributed by atoms with van der Waals surface area (Å²) in [7, 11) is 0. The molecule has 0 saturated carbocycles. The van der Waals surface area contributed by atoms with Gasteiger partial charge in [0.1, 0.15) is 5.82 Å². The third-order valence-electron chi connectivity index (χ3n) is 4.54. The maximum absolute atomic E-state index is 13.2. The first kappa shape index (κ1) is 20.6. The van der Waals surface area contributed by atoms with E-state index in [-0.39, 0.29) is 11.6 Å². The summed E-state index contributed by atoms with van der Waals surface area (Å²) in [5, 5.41) is 6.22. The number of hydrogen-bond donors (Lipinski definition) is 2. The van der Waals surface area contributed by atoms with Crippen LogP contribution in [0.1, 0.15) is 31.4 Å². The summed E-state index contributed by atoms with van der Waals surface area (Å²) in [6, 6.07) is 11.3. The van der Waals surface area contributed by atoms with Gasteiger partial charge in [-0.05, 0) is 50.1 Å². The van der Waals surface area contributed by atoms with Gasteiger partial charge >= 0.3 is 6.18 Å². The second-order valence-electron chi connectivity index (χ2n) is 6.73. The summed E-state index contributed by atoms with van der Waals surface area (Å²) in [6.45, 7) is 5.47. The molecular formula is C21H22F3N5. The molecule has 8 heteroatoms. The number of aromatic nitrogens is 3. The van der Waals surface area contributed by atoms with E-state index in [9.17, 15) is 13.2 Å². The van der Waals surface area contributed by atoms with Crippen LogP contribution in [-0.2, 0) is 6.18 Å². The van der Waals surface area contributed by atoms with E-state index >= 15 is 0 Å². The average molecular weight is 401 g/mol. The third-order valence-corrected chi connectivity index (χ3v) is 4.54. The number of halogens is 3. The van der Waals surface area contributed by atoms with Gasteiger partial charge in [0.05, 0.1) is 17.0 Å². The lowest BCUT2D eigenvalue weighted by molar-refractivity contribution is -0.138. The summed E-state index contributed by atoms with van der Waals surface area (Å²) < 4.78 is 39.7. The lowest BCUT2D eigenvalue weighted by atomic mass is 10.1. The Balaban J connectivity index is 2.02. The molecule has 0 spiro atoms. The Morgan fingerprint density at radius 1 is 1.03 bits per heavy atom. The highest BCUT2D eigenvalue weighted by Crippen LogP contribution is 2.35. The molecule has 0 radical (unpaired) electrons. The van der Waals surface area contributed by atoms with E-state index in [2.05, 4.69) is 25.6 Å². The number of pyridine rings is 1. The number of hydrogen-bond acceptors (Lipinski definition) is 5. The molecule has 0 amide bonds.